The molecule has 0 aliphatic heterocycles. The molecule has 0 bridgehead atoms. The standard InChI is InChI=1S/C14H20F3NS/c1-9-6-11(10(2)19-9)8-18-13-5-3-4-12(7-13)14(15,16)17/h6,12-13,18H,3-5,7-8H2,1-2H3. The molecule has 5 heteroatoms. The van der Waals surface area contributed by atoms with Gasteiger partial charge in [-0.15, -0.1) is 11.3 Å². The Balaban J connectivity index is 1.88. The molecule has 1 N–H and O–H groups in total. The van der Waals surface area contributed by atoms with Crippen molar-refractivity contribution in [2.75, 3.05) is 0 Å². The number of nitrogens with one attached hydrogen (secondary N) is 1. The highest BCUT2D eigenvalue weighted by Gasteiger charge is 2.41. The highest BCUT2D eigenvalue weighted by Crippen LogP contribution is 2.37. The molecule has 108 valence electrons. The van der Waals surface area contributed by atoms with E-state index in [2.05, 4.69) is 25.2 Å². The lowest BCUT2D eigenvalue weighted by Gasteiger charge is -2.31. The van der Waals surface area contributed by atoms with Crippen molar-refractivity contribution in [2.45, 2.75) is 58.3 Å². The van der Waals surface area contributed by atoms with Gasteiger partial charge < -0.3 is 5.32 Å². The average Bonchev–Trinajstić information content (AvgIpc) is 2.64. The fourth-order valence-electron chi connectivity index (χ4n) is 2.79. The van der Waals surface area contributed by atoms with Crippen LogP contribution in [0.5, 0.6) is 0 Å². The van der Waals surface area contributed by atoms with Crippen molar-refractivity contribution in [1.82, 2.24) is 5.32 Å². The number of alkyl halides is 3. The Morgan fingerprint density at radius 1 is 1.32 bits per heavy atom. The fraction of sp³-hybridized carbons (Fsp3) is 0.714. The minimum atomic E-state index is -4.03. The van der Waals surface area contributed by atoms with Crippen molar-refractivity contribution >= 4 is 11.3 Å². The molecule has 2 unspecified atom stereocenters. The molecule has 1 aliphatic carbocycles. The Kier molecular flexibility index (Phi) is 4.56. The van der Waals surface area contributed by atoms with Crippen molar-refractivity contribution in [2.24, 2.45) is 5.92 Å². The molecule has 0 aromatic carbocycles. The van der Waals surface area contributed by atoms with Crippen LogP contribution in [0.25, 0.3) is 0 Å². The maximum Gasteiger partial charge on any atom is 0.391 e. The van der Waals surface area contributed by atoms with Crippen LogP contribution in [-0.4, -0.2) is 12.2 Å². The third-order valence-corrected chi connectivity index (χ3v) is 4.87. The normalized spacial score (nSPS) is 24.7. The zero-order valence-corrected chi connectivity index (χ0v) is 12.1. The van der Waals surface area contributed by atoms with Gasteiger partial charge in [0.15, 0.2) is 0 Å². The van der Waals surface area contributed by atoms with Crippen molar-refractivity contribution in [1.29, 1.82) is 0 Å². The Bertz CT molecular complexity index is 425. The van der Waals surface area contributed by atoms with E-state index < -0.39 is 12.1 Å². The zero-order chi connectivity index (χ0) is 14.0. The predicted molar refractivity (Wildman–Crippen MR) is 72.4 cm³/mol. The molecule has 0 amide bonds. The lowest BCUT2D eigenvalue weighted by Crippen LogP contribution is -2.38. The largest absolute Gasteiger partial charge is 0.391 e. The van der Waals surface area contributed by atoms with Crippen LogP contribution in [-0.2, 0) is 6.54 Å². The minimum Gasteiger partial charge on any atom is -0.310 e. The molecule has 0 spiro atoms. The van der Waals surface area contributed by atoms with Crippen LogP contribution in [0.15, 0.2) is 6.07 Å². The van der Waals surface area contributed by atoms with Gasteiger partial charge in [-0.1, -0.05) is 6.42 Å². The lowest BCUT2D eigenvalue weighted by molar-refractivity contribution is -0.183. The van der Waals surface area contributed by atoms with Crippen molar-refractivity contribution in [3.63, 3.8) is 0 Å². The molecule has 0 radical (unpaired) electrons. The summed E-state index contributed by atoms with van der Waals surface area (Å²) in [6.07, 6.45) is -1.99. The van der Waals surface area contributed by atoms with Gasteiger partial charge in [0, 0.05) is 22.3 Å². The first-order valence-electron chi connectivity index (χ1n) is 6.72. The summed E-state index contributed by atoms with van der Waals surface area (Å²) in [7, 11) is 0. The van der Waals surface area contributed by atoms with E-state index in [-0.39, 0.29) is 18.9 Å². The highest BCUT2D eigenvalue weighted by molar-refractivity contribution is 7.12. The highest BCUT2D eigenvalue weighted by atomic mass is 32.1. The number of rotatable bonds is 3. The van der Waals surface area contributed by atoms with Gasteiger partial charge in [-0.3, -0.25) is 0 Å². The molecule has 19 heavy (non-hydrogen) atoms. The van der Waals surface area contributed by atoms with Crippen LogP contribution in [0.3, 0.4) is 0 Å². The second-order valence-corrected chi connectivity index (χ2v) is 6.88. The summed E-state index contributed by atoms with van der Waals surface area (Å²) in [5.74, 6) is -1.12. The summed E-state index contributed by atoms with van der Waals surface area (Å²) in [5.41, 5.74) is 1.22. The second kappa shape index (κ2) is 5.83. The van der Waals surface area contributed by atoms with E-state index in [0.29, 0.717) is 13.0 Å². The molecule has 1 nitrogen and oxygen atoms in total. The van der Waals surface area contributed by atoms with E-state index in [9.17, 15) is 13.2 Å². The maximum absolute atomic E-state index is 12.7. The van der Waals surface area contributed by atoms with Crippen molar-refractivity contribution in [3.8, 4) is 0 Å². The number of halogens is 3. The maximum atomic E-state index is 12.7. The molecule has 1 aliphatic rings. The van der Waals surface area contributed by atoms with E-state index in [1.165, 1.54) is 15.3 Å². The smallest absolute Gasteiger partial charge is 0.310 e. The average molecular weight is 291 g/mol. The topological polar surface area (TPSA) is 12.0 Å². The first kappa shape index (κ1) is 14.9. The first-order chi connectivity index (χ1) is 8.86. The van der Waals surface area contributed by atoms with E-state index in [1.807, 2.05) is 0 Å². The minimum absolute atomic E-state index is 0.0000175. The van der Waals surface area contributed by atoms with E-state index in [0.717, 1.165) is 6.42 Å². The SMILES string of the molecule is Cc1cc(CNC2CCCC(C(F)(F)F)C2)c(C)s1. The molecule has 1 aromatic rings. The van der Waals surface area contributed by atoms with Crippen LogP contribution >= 0.6 is 11.3 Å². The van der Waals surface area contributed by atoms with Gasteiger partial charge in [-0.2, -0.15) is 13.2 Å². The van der Waals surface area contributed by atoms with Gasteiger partial charge in [0.1, 0.15) is 0 Å². The van der Waals surface area contributed by atoms with Crippen LogP contribution in [0.4, 0.5) is 13.2 Å². The van der Waals surface area contributed by atoms with Gasteiger partial charge in [0.05, 0.1) is 5.92 Å². The quantitative estimate of drug-likeness (QED) is 0.860. The number of aryl methyl sites for hydroxylation is 2. The zero-order valence-electron chi connectivity index (χ0n) is 11.3. The summed E-state index contributed by atoms with van der Waals surface area (Å²) in [4.78, 5) is 2.51. The van der Waals surface area contributed by atoms with Crippen LogP contribution in [0.1, 0.15) is 41.0 Å². The molecular formula is C14H20F3NS. The summed E-state index contributed by atoms with van der Waals surface area (Å²) in [6, 6.07) is 2.12. The van der Waals surface area contributed by atoms with Gasteiger partial charge in [-0.25, -0.2) is 0 Å². The van der Waals surface area contributed by atoms with E-state index in [1.54, 1.807) is 11.3 Å². The monoisotopic (exact) mass is 291 g/mol. The summed E-state index contributed by atoms with van der Waals surface area (Å²) >= 11 is 1.74. The Hall–Kier alpha value is -0.550. The molecule has 1 fully saturated rings. The van der Waals surface area contributed by atoms with E-state index in [4.69, 9.17) is 0 Å². The predicted octanol–water partition coefficient (Wildman–Crippen LogP) is 4.58. The molecule has 1 saturated carbocycles. The molecule has 1 heterocycles. The Morgan fingerprint density at radius 3 is 2.63 bits per heavy atom. The van der Waals surface area contributed by atoms with Crippen molar-refractivity contribution < 1.29 is 13.2 Å². The summed E-state index contributed by atoms with van der Waals surface area (Å²) in [5, 5.41) is 3.30. The number of thiophene rings is 1. The number of hydrogen-bond acceptors (Lipinski definition) is 2. The van der Waals surface area contributed by atoms with E-state index >= 15 is 0 Å². The first-order valence-corrected chi connectivity index (χ1v) is 7.54. The number of hydrogen-bond donors (Lipinski definition) is 1. The molecule has 2 rings (SSSR count). The summed E-state index contributed by atoms with van der Waals surface area (Å²) < 4.78 is 38.2. The fourth-order valence-corrected chi connectivity index (χ4v) is 3.73. The van der Waals surface area contributed by atoms with Crippen molar-refractivity contribution in [3.05, 3.63) is 21.4 Å². The molecule has 1 aromatic heterocycles. The third-order valence-electron chi connectivity index (χ3n) is 3.86. The van der Waals surface area contributed by atoms with Gasteiger partial charge in [-0.05, 0) is 44.7 Å². The molecular weight excluding hydrogens is 271 g/mol. The van der Waals surface area contributed by atoms with Gasteiger partial charge in [0.25, 0.3) is 0 Å². The van der Waals surface area contributed by atoms with Crippen LogP contribution in [0.2, 0.25) is 0 Å². The Morgan fingerprint density at radius 2 is 2.05 bits per heavy atom. The Labute approximate surface area is 116 Å². The lowest BCUT2D eigenvalue weighted by atomic mass is 9.85. The molecule has 2 atom stereocenters. The van der Waals surface area contributed by atoms with Gasteiger partial charge >= 0.3 is 6.18 Å². The van der Waals surface area contributed by atoms with Gasteiger partial charge in [0.2, 0.25) is 0 Å². The van der Waals surface area contributed by atoms with Crippen LogP contribution < -0.4 is 5.32 Å². The summed E-state index contributed by atoms with van der Waals surface area (Å²) in [6.45, 7) is 4.81. The third kappa shape index (κ3) is 3.96. The second-order valence-electron chi connectivity index (χ2n) is 5.42. The molecule has 0 saturated heterocycles. The van der Waals surface area contributed by atoms with Crippen LogP contribution in [0, 0.1) is 19.8 Å².